The Bertz CT molecular complexity index is 3080. The molecule has 1 saturated heterocycles. The average molecular weight is 1340 g/mol. The molecule has 10 unspecified atom stereocenters. The monoisotopic (exact) mass is 1340 g/mol. The number of unbranched alkanes of at least 4 members (excludes halogenated alkanes) is 2. The third-order valence-corrected chi connectivity index (χ3v) is 18.3. The lowest BCUT2D eigenvalue weighted by atomic mass is 9.89. The minimum absolute atomic E-state index is 0.0789. The molecule has 10 atom stereocenters. The molecule has 3 heterocycles. The standard InChI is InChI=1S/C68H100N12O14S/c1-13-43(6)58(51(92-11)39-55(84)79-36-21-25-50(79)59(93-12)44(7)60(85)74-49(63-70-34-37-95-63)38-45-22-16-14-17-23-45)78(10)64(88)57(42(4)5)76-65(89)68(8,9)77-67(91)94-40-46-27-29-47(30-28-46)72-61(86)48(24-20-33-71-66(69)90)73-62(87)56(41(2)3)75-52(81)26-18-15-19-35-80-53(82)31-32-54(80)83/h14,16-17,22-23,27-32,34,37,41-44,48-51,56-59H,13,15,18-21,24-26,33,35-36,38-40H2,1-12H3,(H,72,86)(H,73,87)(H,74,85)(H,75,81)(H,76,89)(H,77,91)(H3,69,71,90). The fourth-order valence-electron chi connectivity index (χ4n) is 11.7. The summed E-state index contributed by atoms with van der Waals surface area (Å²) in [6.45, 7) is 16.3. The molecule has 9 N–H and O–H groups in total. The minimum Gasteiger partial charge on any atom is -0.445 e. The van der Waals surface area contributed by atoms with E-state index >= 15 is 0 Å². The first-order valence-corrected chi connectivity index (χ1v) is 33.7. The number of amides is 12. The Kier molecular flexibility index (Phi) is 30.7. The van der Waals surface area contributed by atoms with E-state index in [0.717, 1.165) is 15.5 Å². The summed E-state index contributed by atoms with van der Waals surface area (Å²) in [5.74, 6) is -5.48. The lowest BCUT2D eigenvalue weighted by Gasteiger charge is -2.41. The Morgan fingerprint density at radius 1 is 0.789 bits per heavy atom. The van der Waals surface area contributed by atoms with Crippen molar-refractivity contribution in [3.8, 4) is 0 Å². The number of hydrogen-bond acceptors (Lipinski definition) is 16. The van der Waals surface area contributed by atoms with Gasteiger partial charge in [-0.2, -0.15) is 0 Å². The number of primary amides is 1. The number of imide groups is 1. The number of anilines is 1. The van der Waals surface area contributed by atoms with Crippen LogP contribution in [0.5, 0.6) is 0 Å². The van der Waals surface area contributed by atoms with Crippen LogP contribution in [0.15, 0.2) is 78.3 Å². The van der Waals surface area contributed by atoms with Gasteiger partial charge in [0.15, 0.2) is 0 Å². The summed E-state index contributed by atoms with van der Waals surface area (Å²) in [4.78, 5) is 155. The number of methoxy groups -OCH3 is 2. The summed E-state index contributed by atoms with van der Waals surface area (Å²) in [5, 5.41) is 22.1. The molecule has 27 heteroatoms. The fourth-order valence-corrected chi connectivity index (χ4v) is 12.4. The molecule has 0 spiro atoms. The predicted octanol–water partition coefficient (Wildman–Crippen LogP) is 5.81. The number of nitrogens with zero attached hydrogens (tertiary/aromatic N) is 4. The molecule has 26 nitrogen and oxygen atoms in total. The van der Waals surface area contributed by atoms with Crippen molar-refractivity contribution in [2.24, 2.45) is 29.4 Å². The lowest BCUT2D eigenvalue weighted by Crippen LogP contribution is -2.62. The fraction of sp³-hybridized carbons (Fsp3) is 0.588. The number of hydrogen-bond donors (Lipinski definition) is 8. The predicted molar refractivity (Wildman–Crippen MR) is 358 cm³/mol. The van der Waals surface area contributed by atoms with Crippen molar-refractivity contribution in [3.63, 3.8) is 0 Å². The number of likely N-dealkylation sites (tertiary alicyclic amines) is 1. The molecule has 522 valence electrons. The molecule has 2 aliphatic rings. The smallest absolute Gasteiger partial charge is 0.408 e. The zero-order valence-corrected chi connectivity index (χ0v) is 57.8. The number of thiazole rings is 1. The normalized spacial score (nSPS) is 16.8. The van der Waals surface area contributed by atoms with Crippen LogP contribution in [-0.4, -0.2) is 174 Å². The number of carbonyl (C=O) groups excluding carboxylic acids is 11. The topological polar surface area (TPSA) is 348 Å². The van der Waals surface area contributed by atoms with E-state index in [1.54, 1.807) is 82.1 Å². The molecule has 0 aliphatic carbocycles. The second-order valence-electron chi connectivity index (χ2n) is 25.7. The largest absolute Gasteiger partial charge is 0.445 e. The summed E-state index contributed by atoms with van der Waals surface area (Å²) in [5.41, 5.74) is 5.54. The van der Waals surface area contributed by atoms with E-state index in [1.165, 1.54) is 44.4 Å². The summed E-state index contributed by atoms with van der Waals surface area (Å²) in [6, 6.07) is 10.8. The molecule has 1 fully saturated rings. The SMILES string of the molecule is CCC(C)C(C(CC(=O)N1CCCC1C(OC)C(C)C(=O)NC(Cc1ccccc1)c1nccs1)OC)N(C)C(=O)C(NC(=O)C(C)(C)NC(=O)OCc1ccc(NC(=O)C(CCCNC(N)=O)NC(=O)C(NC(=O)CCCCCN2C(=O)C=CC2=O)C(C)C)cc1)C(C)C. The van der Waals surface area contributed by atoms with Gasteiger partial charge < -0.3 is 67.0 Å². The second kappa shape index (κ2) is 37.7. The number of rotatable bonds is 38. The van der Waals surface area contributed by atoms with Gasteiger partial charge >= 0.3 is 12.1 Å². The highest BCUT2D eigenvalue weighted by Gasteiger charge is 2.44. The number of alkyl carbamates (subject to hydrolysis) is 1. The molecule has 12 amide bonds. The van der Waals surface area contributed by atoms with Gasteiger partial charge in [0, 0.05) is 76.7 Å². The van der Waals surface area contributed by atoms with E-state index in [1.807, 2.05) is 56.5 Å². The third-order valence-electron chi connectivity index (χ3n) is 17.5. The maximum atomic E-state index is 14.7. The number of aromatic nitrogens is 1. The van der Waals surface area contributed by atoms with Gasteiger partial charge in [0.05, 0.1) is 42.7 Å². The van der Waals surface area contributed by atoms with Crippen LogP contribution in [0.25, 0.3) is 0 Å². The van der Waals surface area contributed by atoms with Crippen molar-refractivity contribution in [2.45, 2.75) is 194 Å². The summed E-state index contributed by atoms with van der Waals surface area (Å²) >= 11 is 1.47. The van der Waals surface area contributed by atoms with E-state index in [9.17, 15) is 52.7 Å². The van der Waals surface area contributed by atoms with Crippen LogP contribution < -0.4 is 43.0 Å². The van der Waals surface area contributed by atoms with E-state index in [0.29, 0.717) is 62.7 Å². The van der Waals surface area contributed by atoms with Crippen molar-refractivity contribution >= 4 is 82.3 Å². The van der Waals surface area contributed by atoms with E-state index in [2.05, 4.69) is 42.2 Å². The van der Waals surface area contributed by atoms with Gasteiger partial charge in [-0.15, -0.1) is 11.3 Å². The van der Waals surface area contributed by atoms with Crippen molar-refractivity contribution in [1.29, 1.82) is 0 Å². The van der Waals surface area contributed by atoms with E-state index < -0.39 is 95.5 Å². The maximum Gasteiger partial charge on any atom is 0.408 e. The molecule has 0 bridgehead atoms. The first kappa shape index (κ1) is 77.4. The molecular weight excluding hydrogens is 1240 g/mol. The number of urea groups is 1. The highest BCUT2D eigenvalue weighted by atomic mass is 32.1. The van der Waals surface area contributed by atoms with Crippen LogP contribution >= 0.6 is 11.3 Å². The van der Waals surface area contributed by atoms with Crippen molar-refractivity contribution in [3.05, 3.63) is 94.5 Å². The second-order valence-corrected chi connectivity index (χ2v) is 26.6. The first-order chi connectivity index (χ1) is 45.1. The van der Waals surface area contributed by atoms with Gasteiger partial charge in [-0.25, -0.2) is 14.6 Å². The Labute approximate surface area is 562 Å². The first-order valence-electron chi connectivity index (χ1n) is 32.8. The number of carbonyl (C=O) groups is 11. The molecular formula is C68H100N12O14S. The van der Waals surface area contributed by atoms with Gasteiger partial charge in [0.1, 0.15) is 35.3 Å². The van der Waals surface area contributed by atoms with E-state index in [4.69, 9.17) is 19.9 Å². The van der Waals surface area contributed by atoms with Gasteiger partial charge in [0.2, 0.25) is 41.4 Å². The zero-order chi connectivity index (χ0) is 70.1. The molecule has 2 aliphatic heterocycles. The van der Waals surface area contributed by atoms with Gasteiger partial charge in [-0.3, -0.25) is 48.1 Å². The molecule has 0 saturated carbocycles. The lowest BCUT2D eigenvalue weighted by molar-refractivity contribution is -0.148. The zero-order valence-electron chi connectivity index (χ0n) is 57.0. The molecule has 1 aromatic heterocycles. The number of ether oxygens (including phenoxy) is 3. The third kappa shape index (κ3) is 23.2. The Balaban J connectivity index is 1.15. The van der Waals surface area contributed by atoms with Crippen LogP contribution in [0.1, 0.15) is 149 Å². The molecule has 5 rings (SSSR count). The highest BCUT2D eigenvalue weighted by molar-refractivity contribution is 7.09. The quantitative estimate of drug-likeness (QED) is 0.0248. The molecule has 0 radical (unpaired) electrons. The van der Waals surface area contributed by atoms with Crippen LogP contribution in [0.4, 0.5) is 15.3 Å². The summed E-state index contributed by atoms with van der Waals surface area (Å²) in [6.07, 6.45) is 6.14. The highest BCUT2D eigenvalue weighted by Crippen LogP contribution is 2.31. The Morgan fingerprint density at radius 3 is 2.06 bits per heavy atom. The number of nitrogens with two attached hydrogens (primary N) is 1. The van der Waals surface area contributed by atoms with Crippen molar-refractivity contribution in [1.82, 2.24) is 51.6 Å². The molecule has 95 heavy (non-hydrogen) atoms. The summed E-state index contributed by atoms with van der Waals surface area (Å²) < 4.78 is 17.7. The average Bonchev–Trinajstić information content (AvgIpc) is 1.79. The number of likely N-dealkylation sites (N-methyl/N-ethyl adjacent to an activating group) is 1. The van der Waals surface area contributed by atoms with Gasteiger partial charge in [-0.1, -0.05) is 104 Å². The van der Waals surface area contributed by atoms with Crippen LogP contribution in [0.3, 0.4) is 0 Å². The summed E-state index contributed by atoms with van der Waals surface area (Å²) in [7, 11) is 4.69. The van der Waals surface area contributed by atoms with Crippen molar-refractivity contribution in [2.75, 3.05) is 46.2 Å². The van der Waals surface area contributed by atoms with Gasteiger partial charge in [0.25, 0.3) is 11.8 Å². The maximum absolute atomic E-state index is 14.7. The number of benzene rings is 2. The van der Waals surface area contributed by atoms with Crippen molar-refractivity contribution < 1.29 is 67.0 Å². The van der Waals surface area contributed by atoms with Crippen LogP contribution in [-0.2, 0) is 70.4 Å². The van der Waals surface area contributed by atoms with Crippen LogP contribution in [0.2, 0.25) is 0 Å². The van der Waals surface area contributed by atoms with Gasteiger partial charge in [-0.05, 0) is 99.8 Å². The minimum atomic E-state index is -1.59. The molecule has 3 aromatic rings. The van der Waals surface area contributed by atoms with E-state index in [-0.39, 0.29) is 92.8 Å². The Morgan fingerprint density at radius 2 is 1.46 bits per heavy atom. The number of nitrogens with one attached hydrogen (secondary N) is 7. The van der Waals surface area contributed by atoms with Crippen LogP contribution in [0, 0.1) is 23.7 Å². The molecule has 2 aromatic carbocycles. The Hall–Kier alpha value is -8.30.